The third kappa shape index (κ3) is 3.95. The molecule has 2 N–H and O–H groups in total. The largest absolute Gasteiger partial charge is 0.389 e. The molecule has 2 rings (SSSR count). The van der Waals surface area contributed by atoms with Crippen molar-refractivity contribution in [3.63, 3.8) is 0 Å². The van der Waals surface area contributed by atoms with Gasteiger partial charge in [0, 0.05) is 6.54 Å². The maximum atomic E-state index is 12.7. The molecule has 132 valence electrons. The van der Waals surface area contributed by atoms with Crippen LogP contribution in [-0.4, -0.2) is 35.5 Å². The van der Waals surface area contributed by atoms with Gasteiger partial charge in [-0.1, -0.05) is 19.3 Å². The molecule has 0 unspecified atom stereocenters. The van der Waals surface area contributed by atoms with Crippen molar-refractivity contribution in [1.29, 1.82) is 0 Å². The highest BCUT2D eigenvalue weighted by molar-refractivity contribution is 7.89. The van der Waals surface area contributed by atoms with Gasteiger partial charge in [-0.25, -0.2) is 13.1 Å². The molecule has 1 aliphatic carbocycles. The van der Waals surface area contributed by atoms with Gasteiger partial charge in [0.15, 0.2) is 0 Å². The molecule has 0 saturated heterocycles. The van der Waals surface area contributed by atoms with Crippen LogP contribution in [0, 0.1) is 13.8 Å². The number of hydrogen-bond acceptors (Lipinski definition) is 4. The molecule has 1 saturated carbocycles. The Labute approximate surface area is 139 Å². The van der Waals surface area contributed by atoms with E-state index >= 15 is 0 Å². The minimum Gasteiger partial charge on any atom is -0.389 e. The van der Waals surface area contributed by atoms with Crippen molar-refractivity contribution in [2.24, 2.45) is 0 Å². The molecular formula is C16H29N3O3S. The molecule has 1 heterocycles. The minimum atomic E-state index is -3.69. The Morgan fingerprint density at radius 1 is 1.22 bits per heavy atom. The Bertz CT molecular complexity index is 665. The smallest absolute Gasteiger partial charge is 0.244 e. The maximum Gasteiger partial charge on any atom is 0.244 e. The second-order valence-corrected chi connectivity index (χ2v) is 9.40. The van der Waals surface area contributed by atoms with E-state index in [1.807, 2.05) is 20.8 Å². The first kappa shape index (κ1) is 18.4. The molecule has 1 fully saturated rings. The number of aromatic nitrogens is 2. The fourth-order valence-electron chi connectivity index (χ4n) is 3.36. The summed E-state index contributed by atoms with van der Waals surface area (Å²) in [5.41, 5.74) is -0.101. The van der Waals surface area contributed by atoms with Crippen molar-refractivity contribution in [2.75, 3.05) is 6.54 Å². The van der Waals surface area contributed by atoms with Crippen LogP contribution in [0.25, 0.3) is 0 Å². The molecule has 0 aliphatic heterocycles. The van der Waals surface area contributed by atoms with Gasteiger partial charge in [-0.05, 0) is 47.5 Å². The lowest BCUT2D eigenvalue weighted by molar-refractivity contribution is 0.00945. The van der Waals surface area contributed by atoms with E-state index in [1.165, 1.54) is 0 Å². The van der Waals surface area contributed by atoms with Crippen LogP contribution in [0.1, 0.15) is 64.3 Å². The van der Waals surface area contributed by atoms with Crippen LogP contribution < -0.4 is 4.72 Å². The summed E-state index contributed by atoms with van der Waals surface area (Å²) in [6, 6.07) is 0. The van der Waals surface area contributed by atoms with E-state index in [-0.39, 0.29) is 17.0 Å². The SMILES string of the molecule is Cc1nn(C(C)(C)C)c(C)c1S(=O)(=O)NCC1(O)CCCCC1. The van der Waals surface area contributed by atoms with Gasteiger partial charge in [0.05, 0.1) is 22.5 Å². The lowest BCUT2D eigenvalue weighted by Crippen LogP contribution is -2.44. The van der Waals surface area contributed by atoms with Gasteiger partial charge < -0.3 is 5.11 Å². The quantitative estimate of drug-likeness (QED) is 0.878. The summed E-state index contributed by atoms with van der Waals surface area (Å²) in [6.45, 7) is 9.51. The fourth-order valence-corrected chi connectivity index (χ4v) is 4.87. The number of hydrogen-bond donors (Lipinski definition) is 2. The normalized spacial score (nSPS) is 19.0. The van der Waals surface area contributed by atoms with Crippen LogP contribution >= 0.6 is 0 Å². The molecule has 1 aromatic heterocycles. The Hall–Kier alpha value is -0.920. The Balaban J connectivity index is 2.25. The zero-order valence-electron chi connectivity index (χ0n) is 14.8. The Morgan fingerprint density at radius 3 is 2.26 bits per heavy atom. The number of aryl methyl sites for hydroxylation is 1. The van der Waals surface area contributed by atoms with Crippen molar-refractivity contribution in [3.8, 4) is 0 Å². The Morgan fingerprint density at radius 2 is 1.78 bits per heavy atom. The standard InChI is InChI=1S/C16H29N3O3S/c1-12-14(13(2)19(18-12)15(3,4)5)23(21,22)17-11-16(20)9-7-6-8-10-16/h17,20H,6-11H2,1-5H3. The van der Waals surface area contributed by atoms with Crippen LogP contribution in [0.4, 0.5) is 0 Å². The number of rotatable bonds is 4. The predicted octanol–water partition coefficient (Wildman–Crippen LogP) is 2.23. The first-order valence-corrected chi connectivity index (χ1v) is 9.73. The minimum absolute atomic E-state index is 0.0644. The molecule has 23 heavy (non-hydrogen) atoms. The third-order valence-corrected chi connectivity index (χ3v) is 6.16. The van der Waals surface area contributed by atoms with E-state index in [0.717, 1.165) is 19.3 Å². The van der Waals surface area contributed by atoms with E-state index in [1.54, 1.807) is 18.5 Å². The summed E-state index contributed by atoms with van der Waals surface area (Å²) in [5.74, 6) is 0. The second-order valence-electron chi connectivity index (χ2n) is 7.69. The number of nitrogens with zero attached hydrogens (tertiary/aromatic N) is 2. The first-order chi connectivity index (χ1) is 10.5. The fraction of sp³-hybridized carbons (Fsp3) is 0.812. The van der Waals surface area contributed by atoms with Crippen LogP contribution in [-0.2, 0) is 15.6 Å². The first-order valence-electron chi connectivity index (χ1n) is 8.25. The number of aliphatic hydroxyl groups is 1. The monoisotopic (exact) mass is 343 g/mol. The van der Waals surface area contributed by atoms with Crippen LogP contribution in [0.2, 0.25) is 0 Å². The van der Waals surface area contributed by atoms with Crippen molar-refractivity contribution >= 4 is 10.0 Å². The highest BCUT2D eigenvalue weighted by Crippen LogP contribution is 2.29. The molecule has 0 aromatic carbocycles. The molecule has 7 heteroatoms. The summed E-state index contributed by atoms with van der Waals surface area (Å²) >= 11 is 0. The van der Waals surface area contributed by atoms with Crippen LogP contribution in [0.15, 0.2) is 4.90 Å². The van der Waals surface area contributed by atoms with Crippen LogP contribution in [0.5, 0.6) is 0 Å². The summed E-state index contributed by atoms with van der Waals surface area (Å²) < 4.78 is 29.8. The Kier molecular flexibility index (Phi) is 4.95. The van der Waals surface area contributed by atoms with Gasteiger partial charge in [-0.15, -0.1) is 0 Å². The molecular weight excluding hydrogens is 314 g/mol. The second kappa shape index (κ2) is 6.18. The number of sulfonamides is 1. The molecule has 0 amide bonds. The molecule has 0 atom stereocenters. The van der Waals surface area contributed by atoms with Crippen LogP contribution in [0.3, 0.4) is 0 Å². The van der Waals surface area contributed by atoms with Gasteiger partial charge in [-0.3, -0.25) is 4.68 Å². The summed E-state index contributed by atoms with van der Waals surface area (Å²) in [5, 5.41) is 14.9. The van der Waals surface area contributed by atoms with Gasteiger partial charge in [-0.2, -0.15) is 5.10 Å². The average molecular weight is 343 g/mol. The van der Waals surface area contributed by atoms with E-state index in [0.29, 0.717) is 24.2 Å². The van der Waals surface area contributed by atoms with Gasteiger partial charge in [0.25, 0.3) is 0 Å². The summed E-state index contributed by atoms with van der Waals surface area (Å²) in [6.07, 6.45) is 4.28. The average Bonchev–Trinajstić information content (AvgIpc) is 2.73. The molecule has 0 bridgehead atoms. The van der Waals surface area contributed by atoms with Crippen molar-refractivity contribution in [1.82, 2.24) is 14.5 Å². The van der Waals surface area contributed by atoms with E-state index < -0.39 is 15.6 Å². The summed E-state index contributed by atoms with van der Waals surface area (Å²) in [7, 11) is -3.69. The highest BCUT2D eigenvalue weighted by atomic mass is 32.2. The lowest BCUT2D eigenvalue weighted by atomic mass is 9.85. The molecule has 0 spiro atoms. The molecule has 0 radical (unpaired) electrons. The van der Waals surface area contributed by atoms with Gasteiger partial charge >= 0.3 is 0 Å². The van der Waals surface area contributed by atoms with E-state index in [9.17, 15) is 13.5 Å². The van der Waals surface area contributed by atoms with E-state index in [2.05, 4.69) is 9.82 Å². The van der Waals surface area contributed by atoms with E-state index in [4.69, 9.17) is 0 Å². The number of nitrogens with one attached hydrogen (secondary N) is 1. The topological polar surface area (TPSA) is 84.2 Å². The molecule has 1 aromatic rings. The van der Waals surface area contributed by atoms with Crippen molar-refractivity contribution < 1.29 is 13.5 Å². The molecule has 6 nitrogen and oxygen atoms in total. The highest BCUT2D eigenvalue weighted by Gasteiger charge is 2.33. The summed E-state index contributed by atoms with van der Waals surface area (Å²) in [4.78, 5) is 0.229. The van der Waals surface area contributed by atoms with Gasteiger partial charge in [0.2, 0.25) is 10.0 Å². The van der Waals surface area contributed by atoms with Crippen molar-refractivity contribution in [3.05, 3.63) is 11.4 Å². The zero-order valence-corrected chi connectivity index (χ0v) is 15.6. The molecule has 1 aliphatic rings. The third-order valence-electron chi connectivity index (χ3n) is 4.50. The lowest BCUT2D eigenvalue weighted by Gasteiger charge is -2.32. The van der Waals surface area contributed by atoms with Crippen molar-refractivity contribution in [2.45, 2.75) is 82.8 Å². The van der Waals surface area contributed by atoms with Gasteiger partial charge in [0.1, 0.15) is 4.90 Å². The maximum absolute atomic E-state index is 12.7. The zero-order chi connectivity index (χ0) is 17.5. The predicted molar refractivity (Wildman–Crippen MR) is 89.9 cm³/mol.